The molecule has 3 nitrogen and oxygen atoms in total. The molecule has 1 aromatic heterocycles. The molecular formula is C9H13NO2S2. The van der Waals surface area contributed by atoms with E-state index < -0.39 is 9.84 Å². The van der Waals surface area contributed by atoms with Crippen LogP contribution in [0.4, 0.5) is 0 Å². The molecule has 0 spiro atoms. The predicted octanol–water partition coefficient (Wildman–Crippen LogP) is 1.27. The molecule has 1 aliphatic rings. The van der Waals surface area contributed by atoms with Crippen LogP contribution in [0.15, 0.2) is 21.7 Å². The molecule has 0 radical (unpaired) electrons. The van der Waals surface area contributed by atoms with Gasteiger partial charge in [-0.3, -0.25) is 0 Å². The van der Waals surface area contributed by atoms with Crippen LogP contribution in [0.3, 0.4) is 0 Å². The minimum absolute atomic E-state index is 0.155. The van der Waals surface area contributed by atoms with E-state index in [-0.39, 0.29) is 11.8 Å². The molecule has 2 rings (SSSR count). The molecule has 78 valence electrons. The highest BCUT2D eigenvalue weighted by atomic mass is 32.2. The smallest absolute Gasteiger partial charge is 0.189 e. The molecule has 1 N–H and O–H groups in total. The summed E-state index contributed by atoms with van der Waals surface area (Å²) in [7, 11) is -3.04. The Kier molecular flexibility index (Phi) is 2.90. The molecule has 1 aliphatic heterocycles. The third-order valence-electron chi connectivity index (χ3n) is 2.38. The SMILES string of the molecule is O=S(=O)(CC1CCCN1)c1cccs1. The first kappa shape index (κ1) is 10.1. The second-order valence-electron chi connectivity index (χ2n) is 3.51. The van der Waals surface area contributed by atoms with Gasteiger partial charge in [-0.15, -0.1) is 11.3 Å². The van der Waals surface area contributed by atoms with E-state index in [2.05, 4.69) is 5.32 Å². The van der Waals surface area contributed by atoms with E-state index in [0.717, 1.165) is 19.4 Å². The van der Waals surface area contributed by atoms with Gasteiger partial charge in [0.1, 0.15) is 4.21 Å². The zero-order valence-corrected chi connectivity index (χ0v) is 9.40. The van der Waals surface area contributed by atoms with Crippen molar-refractivity contribution in [3.05, 3.63) is 17.5 Å². The van der Waals surface area contributed by atoms with Crippen LogP contribution in [0.5, 0.6) is 0 Å². The van der Waals surface area contributed by atoms with Crippen molar-refractivity contribution in [3.8, 4) is 0 Å². The zero-order chi connectivity index (χ0) is 10.0. The van der Waals surface area contributed by atoms with Crippen LogP contribution < -0.4 is 5.32 Å². The number of hydrogen-bond acceptors (Lipinski definition) is 4. The number of nitrogens with one attached hydrogen (secondary N) is 1. The fourth-order valence-electron chi connectivity index (χ4n) is 1.69. The molecule has 0 bridgehead atoms. The Morgan fingerprint density at radius 2 is 2.43 bits per heavy atom. The van der Waals surface area contributed by atoms with Crippen molar-refractivity contribution in [3.63, 3.8) is 0 Å². The molecule has 0 aliphatic carbocycles. The molecule has 1 aromatic rings. The second-order valence-corrected chi connectivity index (χ2v) is 6.72. The van der Waals surface area contributed by atoms with Gasteiger partial charge in [0.05, 0.1) is 5.75 Å². The third-order valence-corrected chi connectivity index (χ3v) is 5.69. The average molecular weight is 231 g/mol. The largest absolute Gasteiger partial charge is 0.313 e. The summed E-state index contributed by atoms with van der Waals surface area (Å²) < 4.78 is 24.1. The number of thiophene rings is 1. The van der Waals surface area contributed by atoms with Crippen molar-refractivity contribution < 1.29 is 8.42 Å². The van der Waals surface area contributed by atoms with E-state index in [0.29, 0.717) is 4.21 Å². The van der Waals surface area contributed by atoms with Crippen LogP contribution in [-0.2, 0) is 9.84 Å². The van der Waals surface area contributed by atoms with Gasteiger partial charge >= 0.3 is 0 Å². The minimum atomic E-state index is -3.04. The Bertz CT molecular complexity index is 377. The minimum Gasteiger partial charge on any atom is -0.313 e. The summed E-state index contributed by atoms with van der Waals surface area (Å²) in [6.07, 6.45) is 2.06. The molecular weight excluding hydrogens is 218 g/mol. The highest BCUT2D eigenvalue weighted by Gasteiger charge is 2.23. The van der Waals surface area contributed by atoms with E-state index in [4.69, 9.17) is 0 Å². The Morgan fingerprint density at radius 1 is 1.57 bits per heavy atom. The summed E-state index contributed by atoms with van der Waals surface area (Å²) in [5.74, 6) is 0.244. The molecule has 0 aromatic carbocycles. The summed E-state index contributed by atoms with van der Waals surface area (Å²) in [5, 5.41) is 5.00. The molecule has 0 saturated carbocycles. The fraction of sp³-hybridized carbons (Fsp3) is 0.556. The van der Waals surface area contributed by atoms with Gasteiger partial charge in [-0.1, -0.05) is 6.07 Å². The summed E-state index contributed by atoms with van der Waals surface area (Å²) >= 11 is 1.30. The zero-order valence-electron chi connectivity index (χ0n) is 7.77. The van der Waals surface area contributed by atoms with Gasteiger partial charge < -0.3 is 5.32 Å². The quantitative estimate of drug-likeness (QED) is 0.852. The van der Waals surface area contributed by atoms with Crippen LogP contribution in [-0.4, -0.2) is 26.8 Å². The van der Waals surface area contributed by atoms with E-state index >= 15 is 0 Å². The molecule has 2 heterocycles. The first-order chi connectivity index (χ1) is 6.68. The number of rotatable bonds is 3. The monoisotopic (exact) mass is 231 g/mol. The summed E-state index contributed by atoms with van der Waals surface area (Å²) in [4.78, 5) is 0. The van der Waals surface area contributed by atoms with E-state index in [1.54, 1.807) is 17.5 Å². The lowest BCUT2D eigenvalue weighted by atomic mass is 10.3. The third kappa shape index (κ3) is 2.16. The van der Waals surface area contributed by atoms with E-state index in [1.165, 1.54) is 11.3 Å². The Balaban J connectivity index is 2.09. The van der Waals surface area contributed by atoms with Crippen molar-refractivity contribution in [2.45, 2.75) is 23.1 Å². The van der Waals surface area contributed by atoms with Crippen molar-refractivity contribution in [2.75, 3.05) is 12.3 Å². The average Bonchev–Trinajstić information content (AvgIpc) is 2.71. The van der Waals surface area contributed by atoms with Gasteiger partial charge in [-0.25, -0.2) is 8.42 Å². The van der Waals surface area contributed by atoms with Crippen LogP contribution in [0.1, 0.15) is 12.8 Å². The first-order valence-corrected chi connectivity index (χ1v) is 7.21. The summed E-state index contributed by atoms with van der Waals surface area (Å²) in [5.41, 5.74) is 0. The Hall–Kier alpha value is -0.390. The molecule has 0 amide bonds. The van der Waals surface area contributed by atoms with Gasteiger partial charge in [0.25, 0.3) is 0 Å². The number of sulfone groups is 1. The standard InChI is InChI=1S/C9H13NO2S2/c11-14(12,9-4-2-6-13-9)7-8-3-1-5-10-8/h2,4,6,8,10H,1,3,5,7H2. The van der Waals surface area contributed by atoms with Gasteiger partial charge in [-0.05, 0) is 30.8 Å². The van der Waals surface area contributed by atoms with Gasteiger partial charge in [0.2, 0.25) is 0 Å². The highest BCUT2D eigenvalue weighted by Crippen LogP contribution is 2.20. The maximum Gasteiger partial charge on any atom is 0.189 e. The molecule has 1 fully saturated rings. The molecule has 1 saturated heterocycles. The van der Waals surface area contributed by atoms with Crippen molar-refractivity contribution in [1.82, 2.24) is 5.32 Å². The molecule has 14 heavy (non-hydrogen) atoms. The van der Waals surface area contributed by atoms with Crippen molar-refractivity contribution in [1.29, 1.82) is 0 Å². The van der Waals surface area contributed by atoms with E-state index in [9.17, 15) is 8.42 Å². The van der Waals surface area contributed by atoms with Gasteiger partial charge in [0, 0.05) is 6.04 Å². The maximum atomic E-state index is 11.8. The van der Waals surface area contributed by atoms with Crippen LogP contribution in [0.25, 0.3) is 0 Å². The first-order valence-electron chi connectivity index (χ1n) is 4.68. The van der Waals surface area contributed by atoms with Crippen LogP contribution >= 0.6 is 11.3 Å². The van der Waals surface area contributed by atoms with Gasteiger partial charge in [-0.2, -0.15) is 0 Å². The van der Waals surface area contributed by atoms with Crippen molar-refractivity contribution >= 4 is 21.2 Å². The fourth-order valence-corrected chi connectivity index (χ4v) is 4.36. The van der Waals surface area contributed by atoms with Crippen LogP contribution in [0.2, 0.25) is 0 Å². The molecule has 5 heteroatoms. The van der Waals surface area contributed by atoms with Gasteiger partial charge in [0.15, 0.2) is 9.84 Å². The topological polar surface area (TPSA) is 46.2 Å². The lowest BCUT2D eigenvalue weighted by molar-refractivity contribution is 0.579. The lowest BCUT2D eigenvalue weighted by Crippen LogP contribution is -2.29. The maximum absolute atomic E-state index is 11.8. The number of hydrogen-bond donors (Lipinski definition) is 1. The Morgan fingerprint density at radius 3 is 3.00 bits per heavy atom. The molecule has 1 atom stereocenters. The van der Waals surface area contributed by atoms with Crippen LogP contribution in [0, 0.1) is 0 Å². The molecule has 1 unspecified atom stereocenters. The summed E-state index contributed by atoms with van der Waals surface area (Å²) in [6.45, 7) is 0.949. The summed E-state index contributed by atoms with van der Waals surface area (Å²) in [6, 6.07) is 3.61. The van der Waals surface area contributed by atoms with Crippen molar-refractivity contribution in [2.24, 2.45) is 0 Å². The second kappa shape index (κ2) is 4.00. The lowest BCUT2D eigenvalue weighted by Gasteiger charge is -2.08. The highest BCUT2D eigenvalue weighted by molar-refractivity contribution is 7.93. The Labute approximate surface area is 88.1 Å². The van der Waals surface area contributed by atoms with E-state index in [1.807, 2.05) is 0 Å². The normalized spacial score (nSPS) is 22.7. The predicted molar refractivity (Wildman–Crippen MR) is 57.4 cm³/mol.